The first-order valence-corrected chi connectivity index (χ1v) is 5.36. The van der Waals surface area contributed by atoms with Crippen molar-refractivity contribution in [2.24, 2.45) is 0 Å². The summed E-state index contributed by atoms with van der Waals surface area (Å²) in [6.45, 7) is 0.221. The number of hydrogen-bond donors (Lipinski definition) is 1. The summed E-state index contributed by atoms with van der Waals surface area (Å²) in [5.41, 5.74) is 1.86. The highest BCUT2D eigenvalue weighted by Crippen LogP contribution is 2.20. The van der Waals surface area contributed by atoms with E-state index in [-0.39, 0.29) is 17.7 Å². The van der Waals surface area contributed by atoms with Crippen molar-refractivity contribution in [2.45, 2.75) is 6.42 Å². The van der Waals surface area contributed by atoms with Gasteiger partial charge in [-0.05, 0) is 11.6 Å². The van der Waals surface area contributed by atoms with Crippen molar-refractivity contribution < 1.29 is 13.9 Å². The molecular weight excluding hydrogens is 247 g/mol. The number of halogens is 2. The molecule has 0 aromatic carbocycles. The molecule has 90 valence electrons. The van der Waals surface area contributed by atoms with Gasteiger partial charge in [0.2, 0.25) is 0 Å². The van der Waals surface area contributed by atoms with Crippen molar-refractivity contribution in [1.29, 1.82) is 0 Å². The van der Waals surface area contributed by atoms with Crippen LogP contribution in [0, 0.1) is 5.82 Å². The minimum Gasteiger partial charge on any atom is -0.456 e. The SMILES string of the molecule is CNC1=C(Cc2cnc(Cl)c(F)c2)COC1=O. The van der Waals surface area contributed by atoms with Crippen molar-refractivity contribution in [3.05, 3.63) is 40.1 Å². The zero-order valence-corrected chi connectivity index (χ0v) is 9.84. The predicted octanol–water partition coefficient (Wildman–Crippen LogP) is 1.45. The van der Waals surface area contributed by atoms with E-state index in [4.69, 9.17) is 16.3 Å². The molecule has 6 heteroatoms. The molecule has 1 aliphatic rings. The van der Waals surface area contributed by atoms with Gasteiger partial charge in [0.05, 0.1) is 0 Å². The van der Waals surface area contributed by atoms with Crippen LogP contribution in [0.4, 0.5) is 4.39 Å². The first-order chi connectivity index (χ1) is 8.11. The van der Waals surface area contributed by atoms with Crippen molar-refractivity contribution >= 4 is 17.6 Å². The highest BCUT2D eigenvalue weighted by molar-refractivity contribution is 6.29. The average molecular weight is 257 g/mol. The highest BCUT2D eigenvalue weighted by Gasteiger charge is 2.23. The van der Waals surface area contributed by atoms with Gasteiger partial charge in [-0.3, -0.25) is 0 Å². The van der Waals surface area contributed by atoms with Gasteiger partial charge < -0.3 is 10.1 Å². The molecule has 2 rings (SSSR count). The number of pyridine rings is 1. The van der Waals surface area contributed by atoms with Crippen LogP contribution in [-0.2, 0) is 16.0 Å². The fourth-order valence-corrected chi connectivity index (χ4v) is 1.77. The highest BCUT2D eigenvalue weighted by atomic mass is 35.5. The van der Waals surface area contributed by atoms with Crippen molar-refractivity contribution in [3.8, 4) is 0 Å². The molecule has 0 fully saturated rings. The Balaban J connectivity index is 2.23. The molecule has 1 N–H and O–H groups in total. The topological polar surface area (TPSA) is 51.2 Å². The lowest BCUT2D eigenvalue weighted by atomic mass is 10.1. The second-order valence-corrected chi connectivity index (χ2v) is 3.96. The Morgan fingerprint density at radius 3 is 3.06 bits per heavy atom. The molecule has 0 aliphatic carbocycles. The number of nitrogens with one attached hydrogen (secondary N) is 1. The summed E-state index contributed by atoms with van der Waals surface area (Å²) in [5, 5.41) is 2.62. The molecular formula is C11H10ClFN2O2. The van der Waals surface area contributed by atoms with E-state index < -0.39 is 5.82 Å². The van der Waals surface area contributed by atoms with E-state index in [2.05, 4.69) is 10.3 Å². The molecule has 4 nitrogen and oxygen atoms in total. The van der Waals surface area contributed by atoms with E-state index in [1.54, 1.807) is 7.05 Å². The second kappa shape index (κ2) is 4.71. The van der Waals surface area contributed by atoms with E-state index >= 15 is 0 Å². The summed E-state index contributed by atoms with van der Waals surface area (Å²) in [6, 6.07) is 1.30. The Kier molecular flexibility index (Phi) is 3.28. The zero-order valence-electron chi connectivity index (χ0n) is 9.09. The summed E-state index contributed by atoms with van der Waals surface area (Å²) in [7, 11) is 1.64. The third-order valence-corrected chi connectivity index (χ3v) is 2.73. The predicted molar refractivity (Wildman–Crippen MR) is 60.0 cm³/mol. The maximum absolute atomic E-state index is 13.2. The Morgan fingerprint density at radius 1 is 1.65 bits per heavy atom. The minimum atomic E-state index is -0.569. The number of nitrogens with zero attached hydrogens (tertiary/aromatic N) is 1. The van der Waals surface area contributed by atoms with Gasteiger partial charge in [-0.15, -0.1) is 0 Å². The number of esters is 1. The number of ether oxygens (including phenoxy) is 1. The molecule has 1 aromatic rings. The zero-order chi connectivity index (χ0) is 12.4. The van der Waals surface area contributed by atoms with Crippen LogP contribution in [0.1, 0.15) is 5.56 Å². The summed E-state index contributed by atoms with van der Waals surface area (Å²) < 4.78 is 18.1. The van der Waals surface area contributed by atoms with Gasteiger partial charge in [-0.25, -0.2) is 14.2 Å². The number of cyclic esters (lactones) is 1. The molecule has 0 radical (unpaired) electrons. The summed E-state index contributed by atoms with van der Waals surface area (Å²) in [5.74, 6) is -0.953. The van der Waals surface area contributed by atoms with E-state index in [9.17, 15) is 9.18 Å². The van der Waals surface area contributed by atoms with E-state index in [0.29, 0.717) is 17.7 Å². The Morgan fingerprint density at radius 2 is 2.41 bits per heavy atom. The first-order valence-electron chi connectivity index (χ1n) is 4.98. The van der Waals surface area contributed by atoms with Gasteiger partial charge in [-0.2, -0.15) is 0 Å². The van der Waals surface area contributed by atoms with Crippen LogP contribution in [0.2, 0.25) is 5.15 Å². The van der Waals surface area contributed by atoms with Crippen molar-refractivity contribution in [2.75, 3.05) is 13.7 Å². The lowest BCUT2D eigenvalue weighted by molar-refractivity contribution is -0.136. The molecule has 17 heavy (non-hydrogen) atoms. The molecule has 1 aliphatic heterocycles. The minimum absolute atomic E-state index is 0.157. The van der Waals surface area contributed by atoms with Crippen molar-refractivity contribution in [1.82, 2.24) is 10.3 Å². The van der Waals surface area contributed by atoms with Crippen LogP contribution in [0.3, 0.4) is 0 Å². The van der Waals surface area contributed by atoms with Gasteiger partial charge in [0.1, 0.15) is 12.3 Å². The average Bonchev–Trinajstić information content (AvgIpc) is 2.64. The number of aromatic nitrogens is 1. The molecule has 0 amide bonds. The lowest BCUT2D eigenvalue weighted by Crippen LogP contribution is -2.14. The Labute approximate surface area is 102 Å². The van der Waals surface area contributed by atoms with Crippen LogP contribution < -0.4 is 5.32 Å². The van der Waals surface area contributed by atoms with E-state index in [1.165, 1.54) is 12.3 Å². The number of rotatable bonds is 3. The number of carbonyl (C=O) groups excluding carboxylic acids is 1. The van der Waals surface area contributed by atoms with Gasteiger partial charge in [0.25, 0.3) is 0 Å². The molecule has 0 spiro atoms. The Hall–Kier alpha value is -1.62. The molecule has 0 bridgehead atoms. The van der Waals surface area contributed by atoms with Crippen LogP contribution in [0.5, 0.6) is 0 Å². The van der Waals surface area contributed by atoms with Crippen LogP contribution in [0.25, 0.3) is 0 Å². The van der Waals surface area contributed by atoms with Crippen molar-refractivity contribution in [3.63, 3.8) is 0 Å². The number of carbonyl (C=O) groups is 1. The van der Waals surface area contributed by atoms with Crippen LogP contribution in [0.15, 0.2) is 23.5 Å². The van der Waals surface area contributed by atoms with E-state index in [1.807, 2.05) is 0 Å². The maximum atomic E-state index is 13.2. The largest absolute Gasteiger partial charge is 0.456 e. The van der Waals surface area contributed by atoms with Gasteiger partial charge in [0.15, 0.2) is 11.0 Å². The van der Waals surface area contributed by atoms with Gasteiger partial charge >= 0.3 is 5.97 Å². The number of hydrogen-bond acceptors (Lipinski definition) is 4. The molecule has 0 unspecified atom stereocenters. The lowest BCUT2D eigenvalue weighted by Gasteiger charge is -2.03. The first kappa shape index (κ1) is 11.9. The maximum Gasteiger partial charge on any atom is 0.354 e. The van der Waals surface area contributed by atoms with Gasteiger partial charge in [0, 0.05) is 25.2 Å². The smallest absolute Gasteiger partial charge is 0.354 e. The summed E-state index contributed by atoms with van der Waals surface area (Å²) in [6.07, 6.45) is 1.89. The second-order valence-electron chi connectivity index (χ2n) is 3.60. The molecule has 0 atom stereocenters. The van der Waals surface area contributed by atoms with Crippen LogP contribution >= 0.6 is 11.6 Å². The fourth-order valence-electron chi connectivity index (χ4n) is 1.66. The van der Waals surface area contributed by atoms with Gasteiger partial charge in [-0.1, -0.05) is 11.6 Å². The molecule has 1 aromatic heterocycles. The molecule has 0 saturated heterocycles. The quantitative estimate of drug-likeness (QED) is 0.657. The fraction of sp³-hybridized carbons (Fsp3) is 0.273. The van der Waals surface area contributed by atoms with E-state index in [0.717, 1.165) is 5.57 Å². The summed E-state index contributed by atoms with van der Waals surface area (Å²) in [4.78, 5) is 15.0. The normalized spacial score (nSPS) is 15.1. The third-order valence-electron chi connectivity index (χ3n) is 2.46. The van der Waals surface area contributed by atoms with Crippen LogP contribution in [-0.4, -0.2) is 24.6 Å². The molecule has 0 saturated carbocycles. The third kappa shape index (κ3) is 2.39. The molecule has 2 heterocycles. The summed E-state index contributed by atoms with van der Waals surface area (Å²) >= 11 is 5.49. The standard InChI is InChI=1S/C11H10ClFN2O2/c1-14-9-7(5-17-11(9)16)2-6-3-8(13)10(12)15-4-6/h3-4,14H,2,5H2,1H3. The Bertz CT molecular complexity index is 502. The number of likely N-dealkylation sites (N-methyl/N-ethyl adjacent to an activating group) is 1. The monoisotopic (exact) mass is 256 g/mol.